The van der Waals surface area contributed by atoms with Crippen molar-refractivity contribution < 1.29 is 4.74 Å². The standard InChI is InChI=1S/C12H22O.C6H14/c1-11(7-3-4-8-11)13-12(2)9-5-6-10-12;1-3-5-6-4-2/h3-10H2,1-2H3;3-6H2,1-2H3. The molecule has 1 nitrogen and oxygen atoms in total. The van der Waals surface area contributed by atoms with E-state index < -0.39 is 0 Å². The van der Waals surface area contributed by atoms with Crippen molar-refractivity contribution in [3.05, 3.63) is 0 Å². The second kappa shape index (κ2) is 8.29. The normalized spacial score (nSPS) is 24.0. The van der Waals surface area contributed by atoms with Gasteiger partial charge in [-0.05, 0) is 39.5 Å². The maximum atomic E-state index is 6.35. The lowest BCUT2D eigenvalue weighted by Crippen LogP contribution is -2.37. The van der Waals surface area contributed by atoms with Gasteiger partial charge in [-0.25, -0.2) is 0 Å². The fourth-order valence-corrected chi connectivity index (χ4v) is 3.54. The monoisotopic (exact) mass is 268 g/mol. The summed E-state index contributed by atoms with van der Waals surface area (Å²) in [6, 6.07) is 0. The second-order valence-corrected chi connectivity index (χ2v) is 7.12. The van der Waals surface area contributed by atoms with Crippen LogP contribution in [0.1, 0.15) is 105 Å². The molecule has 0 aliphatic heterocycles. The van der Waals surface area contributed by atoms with Gasteiger partial charge in [0.05, 0.1) is 11.2 Å². The molecule has 0 spiro atoms. The van der Waals surface area contributed by atoms with E-state index in [1.54, 1.807) is 0 Å². The number of unbranched alkanes of at least 4 members (excludes halogenated alkanes) is 3. The first-order valence-electron chi connectivity index (χ1n) is 8.74. The number of hydrogen-bond acceptors (Lipinski definition) is 1. The van der Waals surface area contributed by atoms with Gasteiger partial charge in [-0.2, -0.15) is 0 Å². The third-order valence-electron chi connectivity index (χ3n) is 4.77. The van der Waals surface area contributed by atoms with Crippen LogP contribution in [0.15, 0.2) is 0 Å². The molecule has 0 saturated heterocycles. The molecule has 2 saturated carbocycles. The Morgan fingerprint density at radius 1 is 0.684 bits per heavy atom. The fraction of sp³-hybridized carbons (Fsp3) is 1.00. The lowest BCUT2D eigenvalue weighted by atomic mass is 10.00. The largest absolute Gasteiger partial charge is 0.369 e. The molecular formula is C18H36O. The highest BCUT2D eigenvalue weighted by Gasteiger charge is 2.39. The van der Waals surface area contributed by atoms with Crippen LogP contribution in [0, 0.1) is 0 Å². The molecule has 2 fully saturated rings. The van der Waals surface area contributed by atoms with E-state index in [-0.39, 0.29) is 11.2 Å². The molecule has 0 unspecified atom stereocenters. The summed E-state index contributed by atoms with van der Waals surface area (Å²) >= 11 is 0. The molecule has 0 atom stereocenters. The topological polar surface area (TPSA) is 9.23 Å². The summed E-state index contributed by atoms with van der Waals surface area (Å²) in [4.78, 5) is 0. The van der Waals surface area contributed by atoms with Gasteiger partial charge >= 0.3 is 0 Å². The third kappa shape index (κ3) is 6.29. The van der Waals surface area contributed by atoms with Crippen molar-refractivity contribution in [2.75, 3.05) is 0 Å². The Labute approximate surface area is 121 Å². The molecule has 19 heavy (non-hydrogen) atoms. The summed E-state index contributed by atoms with van der Waals surface area (Å²) in [7, 11) is 0. The Morgan fingerprint density at radius 2 is 1.00 bits per heavy atom. The first kappa shape index (κ1) is 17.0. The summed E-state index contributed by atoms with van der Waals surface area (Å²) < 4.78 is 6.35. The van der Waals surface area contributed by atoms with Crippen molar-refractivity contribution in [1.29, 1.82) is 0 Å². The van der Waals surface area contributed by atoms with E-state index in [0.29, 0.717) is 0 Å². The van der Waals surface area contributed by atoms with E-state index >= 15 is 0 Å². The first-order valence-corrected chi connectivity index (χ1v) is 8.74. The SMILES string of the molecule is CC1(OC2(C)CCCC2)CCCC1.CCCCCC. The van der Waals surface area contributed by atoms with Gasteiger partial charge in [0.2, 0.25) is 0 Å². The zero-order valence-corrected chi connectivity index (χ0v) is 13.9. The second-order valence-electron chi connectivity index (χ2n) is 7.12. The van der Waals surface area contributed by atoms with E-state index in [4.69, 9.17) is 4.74 Å². The van der Waals surface area contributed by atoms with Gasteiger partial charge in [-0.15, -0.1) is 0 Å². The highest BCUT2D eigenvalue weighted by atomic mass is 16.5. The van der Waals surface area contributed by atoms with Gasteiger partial charge in [0.25, 0.3) is 0 Å². The van der Waals surface area contributed by atoms with E-state index in [2.05, 4.69) is 27.7 Å². The van der Waals surface area contributed by atoms with Crippen LogP contribution < -0.4 is 0 Å². The minimum Gasteiger partial charge on any atom is -0.369 e. The van der Waals surface area contributed by atoms with Gasteiger partial charge in [-0.1, -0.05) is 65.2 Å². The van der Waals surface area contributed by atoms with Gasteiger partial charge < -0.3 is 4.74 Å². The molecule has 0 aromatic heterocycles. The molecule has 114 valence electrons. The van der Waals surface area contributed by atoms with E-state index in [0.717, 1.165) is 0 Å². The summed E-state index contributed by atoms with van der Waals surface area (Å²) in [5, 5.41) is 0. The van der Waals surface area contributed by atoms with Crippen LogP contribution >= 0.6 is 0 Å². The van der Waals surface area contributed by atoms with Crippen LogP contribution in [0.5, 0.6) is 0 Å². The summed E-state index contributed by atoms with van der Waals surface area (Å²) in [6.07, 6.45) is 16.1. The average molecular weight is 268 g/mol. The molecule has 0 radical (unpaired) electrons. The number of hydrogen-bond donors (Lipinski definition) is 0. The molecular weight excluding hydrogens is 232 g/mol. The van der Waals surface area contributed by atoms with Crippen molar-refractivity contribution in [3.8, 4) is 0 Å². The average Bonchev–Trinajstić information content (AvgIpc) is 2.97. The zero-order chi connectivity index (χ0) is 14.2. The summed E-state index contributed by atoms with van der Waals surface area (Å²) in [5.41, 5.74) is 0.443. The predicted octanol–water partition coefficient (Wildman–Crippen LogP) is 6.26. The summed E-state index contributed by atoms with van der Waals surface area (Å²) in [6.45, 7) is 9.08. The van der Waals surface area contributed by atoms with Crippen LogP contribution in [0.3, 0.4) is 0 Å². The lowest BCUT2D eigenvalue weighted by molar-refractivity contribution is -0.133. The van der Waals surface area contributed by atoms with Crippen LogP contribution in [0.25, 0.3) is 0 Å². The molecule has 1 heteroatoms. The molecule has 0 amide bonds. The maximum Gasteiger partial charge on any atom is 0.0662 e. The van der Waals surface area contributed by atoms with Crippen molar-refractivity contribution in [3.63, 3.8) is 0 Å². The fourth-order valence-electron chi connectivity index (χ4n) is 3.54. The molecule has 0 aromatic carbocycles. The Balaban J connectivity index is 0.000000258. The van der Waals surface area contributed by atoms with E-state index in [1.807, 2.05) is 0 Å². The lowest BCUT2D eigenvalue weighted by Gasteiger charge is -2.35. The Hall–Kier alpha value is -0.0400. The first-order chi connectivity index (χ1) is 9.04. The molecule has 0 N–H and O–H groups in total. The highest BCUT2D eigenvalue weighted by molar-refractivity contribution is 4.89. The molecule has 2 aliphatic carbocycles. The van der Waals surface area contributed by atoms with Crippen molar-refractivity contribution >= 4 is 0 Å². The highest BCUT2D eigenvalue weighted by Crippen LogP contribution is 2.41. The molecule has 2 rings (SSSR count). The molecule has 0 bridgehead atoms. The van der Waals surface area contributed by atoms with Crippen LogP contribution in [0.4, 0.5) is 0 Å². The zero-order valence-electron chi connectivity index (χ0n) is 13.9. The minimum absolute atomic E-state index is 0.221. The number of rotatable bonds is 5. The smallest absolute Gasteiger partial charge is 0.0662 e. The van der Waals surface area contributed by atoms with E-state index in [9.17, 15) is 0 Å². The summed E-state index contributed by atoms with van der Waals surface area (Å²) in [5.74, 6) is 0. The van der Waals surface area contributed by atoms with E-state index in [1.165, 1.54) is 77.0 Å². The van der Waals surface area contributed by atoms with Crippen LogP contribution in [-0.4, -0.2) is 11.2 Å². The third-order valence-corrected chi connectivity index (χ3v) is 4.77. The maximum absolute atomic E-state index is 6.35. The minimum atomic E-state index is 0.221. The Morgan fingerprint density at radius 3 is 1.26 bits per heavy atom. The Kier molecular flexibility index (Phi) is 7.42. The quantitative estimate of drug-likeness (QED) is 0.535. The van der Waals surface area contributed by atoms with Gasteiger partial charge in [-0.3, -0.25) is 0 Å². The molecule has 0 aromatic rings. The van der Waals surface area contributed by atoms with Crippen LogP contribution in [-0.2, 0) is 4.74 Å². The Bertz CT molecular complexity index is 198. The number of ether oxygens (including phenoxy) is 1. The van der Waals surface area contributed by atoms with Crippen molar-refractivity contribution in [2.45, 2.75) is 116 Å². The van der Waals surface area contributed by atoms with Crippen LogP contribution in [0.2, 0.25) is 0 Å². The van der Waals surface area contributed by atoms with Gasteiger partial charge in [0.15, 0.2) is 0 Å². The van der Waals surface area contributed by atoms with Crippen molar-refractivity contribution in [2.24, 2.45) is 0 Å². The van der Waals surface area contributed by atoms with Gasteiger partial charge in [0, 0.05) is 0 Å². The predicted molar refractivity (Wildman–Crippen MR) is 84.6 cm³/mol. The van der Waals surface area contributed by atoms with Crippen molar-refractivity contribution in [1.82, 2.24) is 0 Å². The molecule has 2 aliphatic rings. The van der Waals surface area contributed by atoms with Gasteiger partial charge in [0.1, 0.15) is 0 Å². The molecule has 0 heterocycles.